The largest absolute Gasteiger partial charge is 0.479 e. The van der Waals surface area contributed by atoms with Crippen LogP contribution < -0.4 is 0 Å². The summed E-state index contributed by atoms with van der Waals surface area (Å²) in [5.41, 5.74) is 0. The molecule has 0 bridgehead atoms. The van der Waals surface area contributed by atoms with Crippen LogP contribution in [0.3, 0.4) is 0 Å². The van der Waals surface area contributed by atoms with Crippen molar-refractivity contribution >= 4 is 28.4 Å². The van der Waals surface area contributed by atoms with Crippen molar-refractivity contribution in [1.82, 2.24) is 0 Å². The van der Waals surface area contributed by atoms with E-state index in [2.05, 4.69) is 13.8 Å². The number of hydrogen-bond acceptors (Lipinski definition) is 3. The van der Waals surface area contributed by atoms with Crippen molar-refractivity contribution in [3.63, 3.8) is 0 Å². The van der Waals surface area contributed by atoms with Gasteiger partial charge in [-0.15, -0.1) is 0 Å². The molecule has 0 amide bonds. The van der Waals surface area contributed by atoms with Crippen LogP contribution in [0.4, 0.5) is 0 Å². The van der Waals surface area contributed by atoms with E-state index in [1.165, 1.54) is 0 Å². The number of ether oxygens (including phenoxy) is 1. The Balaban J connectivity index is 0. The smallest absolute Gasteiger partial charge is 0.219 e. The average Bonchev–Trinajstić information content (AvgIpc) is 1.97. The fourth-order valence-corrected chi connectivity index (χ4v) is 1.28. The first kappa shape index (κ1) is 14.7. The zero-order valence-electron chi connectivity index (χ0n) is 7.26. The molecule has 0 aromatic heterocycles. The minimum Gasteiger partial charge on any atom is -0.479 e. The van der Waals surface area contributed by atoms with Crippen LogP contribution in [0.5, 0.6) is 0 Å². The number of thioether (sulfide) groups is 1. The Morgan fingerprint density at radius 2 is 2.00 bits per heavy atom. The summed E-state index contributed by atoms with van der Waals surface area (Å²) < 4.78 is 5.89. The molecule has 0 atom stereocenters. The molecule has 62 valence electrons. The van der Waals surface area contributed by atoms with Crippen LogP contribution in [-0.4, -0.2) is 16.7 Å². The molecule has 0 fully saturated rings. The second-order valence-electron chi connectivity index (χ2n) is 1.95. The van der Waals surface area contributed by atoms with E-state index >= 15 is 0 Å². The van der Waals surface area contributed by atoms with Crippen molar-refractivity contribution in [3.05, 3.63) is 0 Å². The molecule has 0 saturated heterocycles. The molecule has 0 aliphatic carbocycles. The van der Waals surface area contributed by atoms with Gasteiger partial charge in [0.05, 0.1) is 6.61 Å². The Morgan fingerprint density at radius 3 is 2.45 bits per heavy atom. The van der Waals surface area contributed by atoms with Crippen LogP contribution in [0.15, 0.2) is 0 Å². The Kier molecular flexibility index (Phi) is 14.9. The molecule has 0 aliphatic rings. The predicted octanol–water partition coefficient (Wildman–Crippen LogP) is 2.84. The molecule has 0 rings (SSSR count). The number of thiocarbonyl (C=S) groups is 1. The fourth-order valence-electron chi connectivity index (χ4n) is 0.412. The standard InChI is InChI=1S/C7H14OS2.Cd/c1-3-5-8-7(9)10-6-4-2;/h3-6H2,1-2H3;. The van der Waals surface area contributed by atoms with Gasteiger partial charge in [0.1, 0.15) is 0 Å². The second-order valence-corrected chi connectivity index (χ2v) is 3.64. The van der Waals surface area contributed by atoms with Gasteiger partial charge in [0.25, 0.3) is 0 Å². The summed E-state index contributed by atoms with van der Waals surface area (Å²) in [7, 11) is 0. The van der Waals surface area contributed by atoms with E-state index in [1.54, 1.807) is 11.8 Å². The third-order valence-corrected chi connectivity index (χ3v) is 2.29. The fraction of sp³-hybridized carbons (Fsp3) is 0.857. The maximum absolute atomic E-state index is 5.19. The molecule has 0 spiro atoms. The average molecular weight is 291 g/mol. The molecule has 0 aromatic carbocycles. The molecule has 1 nitrogen and oxygen atoms in total. The van der Waals surface area contributed by atoms with Crippen molar-refractivity contribution in [1.29, 1.82) is 0 Å². The van der Waals surface area contributed by atoms with Crippen molar-refractivity contribution < 1.29 is 32.0 Å². The summed E-state index contributed by atoms with van der Waals surface area (Å²) in [5, 5.41) is 0. The molecule has 0 aromatic rings. The van der Waals surface area contributed by atoms with Crippen molar-refractivity contribution in [2.24, 2.45) is 0 Å². The first-order valence-corrected chi connectivity index (χ1v) is 5.00. The molecular weight excluding hydrogens is 277 g/mol. The molecular formula is C7H14CdOS2. The van der Waals surface area contributed by atoms with Crippen LogP contribution in [0.1, 0.15) is 26.7 Å². The molecule has 4 heteroatoms. The van der Waals surface area contributed by atoms with Crippen molar-refractivity contribution in [2.75, 3.05) is 12.4 Å². The van der Waals surface area contributed by atoms with Gasteiger partial charge in [0.15, 0.2) is 0 Å². The summed E-state index contributed by atoms with van der Waals surface area (Å²) in [5.74, 6) is 1.07. The first-order chi connectivity index (χ1) is 4.81. The summed E-state index contributed by atoms with van der Waals surface area (Å²) in [4.78, 5) is 0. The second kappa shape index (κ2) is 11.2. The maximum atomic E-state index is 5.19. The van der Waals surface area contributed by atoms with E-state index in [0.717, 1.165) is 25.2 Å². The zero-order valence-corrected chi connectivity index (χ0v) is 12.9. The Morgan fingerprint density at radius 1 is 1.36 bits per heavy atom. The number of hydrogen-bond donors (Lipinski definition) is 0. The molecule has 0 saturated carbocycles. The van der Waals surface area contributed by atoms with Crippen LogP contribution in [-0.2, 0) is 32.0 Å². The molecule has 11 heavy (non-hydrogen) atoms. The maximum Gasteiger partial charge on any atom is 0.219 e. The minimum atomic E-state index is 0. The van der Waals surface area contributed by atoms with Gasteiger partial charge < -0.3 is 4.74 Å². The monoisotopic (exact) mass is 292 g/mol. The predicted molar refractivity (Wildman–Crippen MR) is 51.6 cm³/mol. The first-order valence-electron chi connectivity index (χ1n) is 3.60. The Hall–Kier alpha value is 1.16. The van der Waals surface area contributed by atoms with Gasteiger partial charge in [-0.05, 0) is 25.1 Å². The van der Waals surface area contributed by atoms with E-state index in [0.29, 0.717) is 4.38 Å². The van der Waals surface area contributed by atoms with Crippen LogP contribution in [0, 0.1) is 0 Å². The topological polar surface area (TPSA) is 9.23 Å². The van der Waals surface area contributed by atoms with E-state index in [-0.39, 0.29) is 27.3 Å². The van der Waals surface area contributed by atoms with Gasteiger partial charge in [-0.1, -0.05) is 25.6 Å². The molecule has 0 radical (unpaired) electrons. The molecule has 0 aliphatic heterocycles. The van der Waals surface area contributed by atoms with Gasteiger partial charge in [-0.3, -0.25) is 0 Å². The normalized spacial score (nSPS) is 8.55. The van der Waals surface area contributed by atoms with Crippen molar-refractivity contribution in [3.8, 4) is 0 Å². The quantitative estimate of drug-likeness (QED) is 0.582. The molecule has 0 unspecified atom stereocenters. The van der Waals surface area contributed by atoms with Gasteiger partial charge in [-0.25, -0.2) is 0 Å². The minimum absolute atomic E-state index is 0. The summed E-state index contributed by atoms with van der Waals surface area (Å²) in [6.45, 7) is 4.97. The van der Waals surface area contributed by atoms with E-state index < -0.39 is 0 Å². The summed E-state index contributed by atoms with van der Waals surface area (Å²) in [6, 6.07) is 0. The van der Waals surface area contributed by atoms with E-state index in [9.17, 15) is 0 Å². The van der Waals surface area contributed by atoms with Crippen molar-refractivity contribution in [2.45, 2.75) is 26.7 Å². The Bertz CT molecular complexity index is 88.4. The van der Waals surface area contributed by atoms with E-state index in [4.69, 9.17) is 17.0 Å². The third kappa shape index (κ3) is 11.2. The van der Waals surface area contributed by atoms with Gasteiger partial charge in [0.2, 0.25) is 4.38 Å². The summed E-state index contributed by atoms with van der Waals surface area (Å²) >= 11 is 6.55. The molecule has 0 N–H and O–H groups in total. The van der Waals surface area contributed by atoms with Gasteiger partial charge >= 0.3 is 0 Å². The van der Waals surface area contributed by atoms with Crippen LogP contribution in [0.2, 0.25) is 0 Å². The Labute approximate surface area is 98.8 Å². The van der Waals surface area contributed by atoms with Gasteiger partial charge in [0, 0.05) is 33.1 Å². The third-order valence-electron chi connectivity index (χ3n) is 0.848. The number of rotatable bonds is 4. The SMILES string of the molecule is CCCOC(=S)SCCC.[Cd]. The molecule has 0 heterocycles. The summed E-state index contributed by atoms with van der Waals surface area (Å²) in [6.07, 6.45) is 2.19. The van der Waals surface area contributed by atoms with Gasteiger partial charge in [-0.2, -0.15) is 0 Å². The van der Waals surface area contributed by atoms with E-state index in [1.807, 2.05) is 0 Å². The zero-order chi connectivity index (χ0) is 7.82. The van der Waals surface area contributed by atoms with Crippen LogP contribution in [0.25, 0.3) is 0 Å². The van der Waals surface area contributed by atoms with Crippen LogP contribution >= 0.6 is 24.0 Å².